The van der Waals surface area contributed by atoms with Gasteiger partial charge in [-0.05, 0) is 47.9 Å². The van der Waals surface area contributed by atoms with Gasteiger partial charge in [0.2, 0.25) is 11.9 Å². The van der Waals surface area contributed by atoms with Crippen LogP contribution in [0.3, 0.4) is 0 Å². The van der Waals surface area contributed by atoms with Crippen LogP contribution in [0, 0.1) is 11.8 Å². The van der Waals surface area contributed by atoms with Crippen LogP contribution in [0.15, 0.2) is 118 Å². The van der Waals surface area contributed by atoms with Crippen LogP contribution in [0.1, 0.15) is 62.4 Å². The number of hydrogen-bond acceptors (Lipinski definition) is 16. The fraction of sp³-hybridized carbons (Fsp3) is 0.304. The molecule has 18 heteroatoms. The quantitative estimate of drug-likeness (QED) is 0.0274. The maximum absolute atomic E-state index is 13.9. The first-order valence-corrected chi connectivity index (χ1v) is 23.4. The average molecular weight is 920 g/mol. The molecule has 64 heavy (non-hydrogen) atoms. The predicted octanol–water partition coefficient (Wildman–Crippen LogP) is 7.77. The molecule has 2 amide bonds. The Morgan fingerprint density at radius 3 is 2.28 bits per heavy atom. The van der Waals surface area contributed by atoms with Crippen LogP contribution in [0.2, 0.25) is 0 Å². The fourth-order valence-electron chi connectivity index (χ4n) is 8.33. The van der Waals surface area contributed by atoms with Gasteiger partial charge in [0.25, 0.3) is 11.8 Å². The van der Waals surface area contributed by atoms with Crippen molar-refractivity contribution < 1.29 is 38.2 Å². The Morgan fingerprint density at radius 2 is 1.62 bits per heavy atom. The molecule has 4 heterocycles. The molecule has 5 unspecified atom stereocenters. The second-order valence-electron chi connectivity index (χ2n) is 15.6. The van der Waals surface area contributed by atoms with Crippen LogP contribution in [0.5, 0.6) is 0 Å². The summed E-state index contributed by atoms with van der Waals surface area (Å²) in [5, 5.41) is 14.4. The minimum atomic E-state index is -1.38. The summed E-state index contributed by atoms with van der Waals surface area (Å²) in [6.07, 6.45) is 4.65. The van der Waals surface area contributed by atoms with Crippen LogP contribution in [0.4, 0.5) is 9.93 Å². The van der Waals surface area contributed by atoms with Gasteiger partial charge in [-0.3, -0.25) is 14.5 Å². The predicted molar refractivity (Wildman–Crippen MR) is 244 cm³/mol. The number of anilines is 1. The topological polar surface area (TPSA) is 198 Å². The number of hydrogen-bond donors (Lipinski definition) is 2. The molecule has 0 radical (unpaired) electrons. The number of ether oxygens (including phenoxy) is 3. The molecule has 5 atom stereocenters. The van der Waals surface area contributed by atoms with Crippen LogP contribution < -0.4 is 11.1 Å². The highest BCUT2D eigenvalue weighted by atomic mass is 32.2. The lowest BCUT2D eigenvalue weighted by molar-refractivity contribution is -0.171. The van der Waals surface area contributed by atoms with Crippen LogP contribution >= 0.6 is 34.6 Å². The highest BCUT2D eigenvalue weighted by molar-refractivity contribution is 8.00. The number of amides is 2. The molecule has 3 aromatic carbocycles. The van der Waals surface area contributed by atoms with E-state index in [1.807, 2.05) is 104 Å². The average Bonchev–Trinajstić information content (AvgIpc) is 4.00. The van der Waals surface area contributed by atoms with Gasteiger partial charge >= 0.3 is 12.1 Å². The highest BCUT2D eigenvalue weighted by Crippen LogP contribution is 2.45. The number of thiazole rings is 1. The van der Waals surface area contributed by atoms with Crippen molar-refractivity contribution in [3.8, 4) is 11.3 Å². The van der Waals surface area contributed by atoms with Crippen molar-refractivity contribution in [2.24, 2.45) is 17.0 Å². The van der Waals surface area contributed by atoms with Crippen molar-refractivity contribution in [1.29, 1.82) is 0 Å². The number of carbonyl (C=O) groups is 4. The molecule has 2 fully saturated rings. The zero-order valence-corrected chi connectivity index (χ0v) is 37.5. The fourth-order valence-corrected chi connectivity index (χ4v) is 10.6. The van der Waals surface area contributed by atoms with Crippen LogP contribution in [0.25, 0.3) is 17.3 Å². The first-order valence-electron chi connectivity index (χ1n) is 20.7. The van der Waals surface area contributed by atoms with Crippen molar-refractivity contribution >= 4 is 76.0 Å². The SMILES string of the molecule is CC(OC(=O)OC1C(C)CCCC1C)OC(=O)C1=C(/C=C\c2csnn2)CSC2C(NC(=O)/C=N\OC(c3ccccc3)(c3ccccc3)c3ccccc3-c3csc(N)n3)C(=O)N12. The summed E-state index contributed by atoms with van der Waals surface area (Å²) in [5.41, 5.74) is 9.23. The van der Waals surface area contributed by atoms with E-state index in [-0.39, 0.29) is 29.4 Å². The van der Waals surface area contributed by atoms with Gasteiger partial charge in [0, 0.05) is 45.7 Å². The largest absolute Gasteiger partial charge is 0.511 e. The Bertz CT molecular complexity index is 2520. The van der Waals surface area contributed by atoms with E-state index in [9.17, 15) is 19.2 Å². The van der Waals surface area contributed by atoms with Gasteiger partial charge in [0.15, 0.2) is 5.13 Å². The molecule has 1 saturated heterocycles. The van der Waals surface area contributed by atoms with E-state index in [2.05, 4.69) is 25.0 Å². The summed E-state index contributed by atoms with van der Waals surface area (Å²) in [7, 11) is 0. The van der Waals surface area contributed by atoms with Crippen molar-refractivity contribution in [2.45, 2.75) is 69.4 Å². The zero-order valence-electron chi connectivity index (χ0n) is 35.1. The molecular weight excluding hydrogens is 875 g/mol. The number of aromatic nitrogens is 3. The van der Waals surface area contributed by atoms with Crippen LogP contribution in [-0.2, 0) is 39.0 Å². The molecule has 0 bridgehead atoms. The number of esters is 1. The summed E-state index contributed by atoms with van der Waals surface area (Å²) in [6, 6.07) is 25.6. The summed E-state index contributed by atoms with van der Waals surface area (Å²) in [5.74, 6) is -1.55. The van der Waals surface area contributed by atoms with E-state index < -0.39 is 47.2 Å². The Hall–Kier alpha value is -6.37. The van der Waals surface area contributed by atoms with Crippen molar-refractivity contribution in [3.05, 3.63) is 135 Å². The number of fused-ring (bicyclic) bond motifs is 1. The maximum Gasteiger partial charge on any atom is 0.511 e. The monoisotopic (exact) mass is 919 g/mol. The number of thioether (sulfide) groups is 1. The molecule has 3 N–H and O–H groups in total. The number of β-lactam (4-membered cyclic amide) rings is 1. The highest BCUT2D eigenvalue weighted by Gasteiger charge is 2.54. The Labute approximate surface area is 381 Å². The molecule has 330 valence electrons. The molecule has 0 spiro atoms. The molecule has 1 aliphatic carbocycles. The van der Waals surface area contributed by atoms with Gasteiger partial charge < -0.3 is 30.1 Å². The standard InChI is InChI=1S/C46H45N7O8S3/c1-27-13-12-14-28(2)40(27)60-45(57)59-29(3)58-43(56)39-30(21-22-33-25-64-52-51-33)24-62-42-38(41(55)53(39)42)50-37(54)23-48-61-46(31-15-6-4-7-16-31,32-17-8-5-9-18-32)35-20-11-10-19-34(35)36-26-63-44(47)49-36/h4-11,15-23,25-29,38,40,42H,12-14,24H2,1-3H3,(H2,47,49)(H,50,54)/b22-21-,48-23-. The van der Waals surface area contributed by atoms with E-state index >= 15 is 0 Å². The summed E-state index contributed by atoms with van der Waals surface area (Å²) in [4.78, 5) is 66.7. The first kappa shape index (κ1) is 44.2. The number of nitrogens with zero attached hydrogens (tertiary/aromatic N) is 5. The number of nitrogens with two attached hydrogens (primary N) is 1. The third-order valence-corrected chi connectivity index (χ3v) is 13.9. The normalized spacial score (nSPS) is 21.5. The van der Waals surface area contributed by atoms with E-state index in [0.29, 0.717) is 27.7 Å². The number of rotatable bonds is 14. The molecule has 8 rings (SSSR count). The smallest absolute Gasteiger partial charge is 0.430 e. The van der Waals surface area contributed by atoms with E-state index in [0.717, 1.165) is 42.2 Å². The van der Waals surface area contributed by atoms with Gasteiger partial charge in [-0.25, -0.2) is 14.6 Å². The first-order chi connectivity index (χ1) is 31.0. The van der Waals surface area contributed by atoms with E-state index in [4.69, 9.17) is 24.8 Å². The third-order valence-electron chi connectivity index (χ3n) is 11.4. The molecular formula is C46H45N7O8S3. The number of nitrogens with one attached hydrogen (secondary N) is 1. The Morgan fingerprint density at radius 1 is 0.938 bits per heavy atom. The van der Waals surface area contributed by atoms with Gasteiger partial charge in [-0.15, -0.1) is 28.2 Å². The van der Waals surface area contributed by atoms with Crippen molar-refractivity contribution in [1.82, 2.24) is 24.8 Å². The molecule has 3 aliphatic rings. The summed E-state index contributed by atoms with van der Waals surface area (Å²) < 4.78 is 20.5. The van der Waals surface area contributed by atoms with Gasteiger partial charge in [0.05, 0.1) is 11.4 Å². The van der Waals surface area contributed by atoms with Crippen molar-refractivity contribution in [2.75, 3.05) is 11.5 Å². The second-order valence-corrected chi connectivity index (χ2v) is 18.2. The zero-order chi connectivity index (χ0) is 44.8. The summed E-state index contributed by atoms with van der Waals surface area (Å²) in [6.45, 7) is 5.46. The number of nitrogen functional groups attached to an aromatic ring is 1. The lowest BCUT2D eigenvalue weighted by Crippen LogP contribution is -2.70. The van der Waals surface area contributed by atoms with Gasteiger partial charge in [-0.1, -0.05) is 121 Å². The number of carbonyl (C=O) groups excluding carboxylic acids is 4. The lowest BCUT2D eigenvalue weighted by atomic mass is 9.78. The minimum Gasteiger partial charge on any atom is -0.430 e. The Balaban J connectivity index is 1.01. The lowest BCUT2D eigenvalue weighted by Gasteiger charge is -2.49. The molecule has 1 saturated carbocycles. The Kier molecular flexibility index (Phi) is 13.5. The summed E-state index contributed by atoms with van der Waals surface area (Å²) >= 11 is 3.83. The van der Waals surface area contributed by atoms with E-state index in [1.165, 1.54) is 46.5 Å². The minimum absolute atomic E-state index is 0.0509. The molecule has 2 aliphatic heterocycles. The number of oxime groups is 1. The number of allylic oxidation sites excluding steroid dienone is 1. The third kappa shape index (κ3) is 9.30. The van der Waals surface area contributed by atoms with E-state index in [1.54, 1.807) is 17.5 Å². The molecule has 15 nitrogen and oxygen atoms in total. The molecule has 2 aromatic heterocycles. The van der Waals surface area contributed by atoms with Gasteiger partial charge in [0.1, 0.15) is 29.4 Å². The van der Waals surface area contributed by atoms with Crippen molar-refractivity contribution in [3.63, 3.8) is 0 Å². The second kappa shape index (κ2) is 19.6. The molecule has 5 aromatic rings. The number of benzene rings is 3. The van der Waals surface area contributed by atoms with Crippen LogP contribution in [-0.4, -0.2) is 79.2 Å². The maximum atomic E-state index is 13.9. The van der Waals surface area contributed by atoms with Gasteiger partial charge in [-0.2, -0.15) is 0 Å².